The van der Waals surface area contributed by atoms with Crippen LogP contribution in [0.15, 0.2) is 0 Å². The first kappa shape index (κ1) is 12.6. The zero-order chi connectivity index (χ0) is 12.8. The summed E-state index contributed by atoms with van der Waals surface area (Å²) in [6.45, 7) is 4.69. The quantitative estimate of drug-likeness (QED) is 0.886. The van der Waals surface area contributed by atoms with Crippen LogP contribution in [0.4, 0.5) is 0 Å². The second-order valence-corrected chi connectivity index (χ2v) is 7.58. The zero-order valence-corrected chi connectivity index (χ0v) is 12.4. The Morgan fingerprint density at radius 2 is 2.06 bits per heavy atom. The minimum atomic E-state index is -0.0880. The molecule has 0 radical (unpaired) electrons. The second kappa shape index (κ2) is 4.61. The third kappa shape index (κ3) is 2.12. The highest BCUT2D eigenvalue weighted by atomic mass is 32.1. The molecule has 2 aliphatic carbocycles. The fourth-order valence-electron chi connectivity index (χ4n) is 3.40. The van der Waals surface area contributed by atoms with E-state index in [4.69, 9.17) is 10.7 Å². The van der Waals surface area contributed by atoms with E-state index in [9.17, 15) is 0 Å². The van der Waals surface area contributed by atoms with Crippen LogP contribution >= 0.6 is 11.3 Å². The summed E-state index contributed by atoms with van der Waals surface area (Å²) in [6.07, 6.45) is 8.53. The number of thiazole rings is 1. The summed E-state index contributed by atoms with van der Waals surface area (Å²) in [4.78, 5) is 6.43. The Morgan fingerprint density at radius 3 is 2.72 bits per heavy atom. The molecule has 0 amide bonds. The molecule has 0 saturated heterocycles. The molecular formula is C15H24N2S. The molecule has 3 rings (SSSR count). The average Bonchev–Trinajstić information content (AvgIpc) is 2.94. The minimum absolute atomic E-state index is 0.0880. The maximum atomic E-state index is 6.53. The Bertz CT molecular complexity index is 430. The maximum absolute atomic E-state index is 6.53. The Labute approximate surface area is 114 Å². The Kier molecular flexibility index (Phi) is 3.23. The van der Waals surface area contributed by atoms with E-state index in [1.807, 2.05) is 11.3 Å². The van der Waals surface area contributed by atoms with Crippen molar-refractivity contribution in [3.05, 3.63) is 15.6 Å². The smallest absolute Gasteiger partial charge is 0.113 e. The first-order valence-electron chi connectivity index (χ1n) is 7.36. The van der Waals surface area contributed by atoms with Gasteiger partial charge in [-0.2, -0.15) is 0 Å². The van der Waals surface area contributed by atoms with Crippen LogP contribution < -0.4 is 5.73 Å². The zero-order valence-electron chi connectivity index (χ0n) is 11.5. The van der Waals surface area contributed by atoms with E-state index < -0.39 is 0 Å². The minimum Gasteiger partial charge on any atom is -0.319 e. The van der Waals surface area contributed by atoms with Crippen molar-refractivity contribution in [3.8, 4) is 0 Å². The first-order chi connectivity index (χ1) is 8.58. The molecule has 18 heavy (non-hydrogen) atoms. The van der Waals surface area contributed by atoms with E-state index in [2.05, 4.69) is 13.8 Å². The van der Waals surface area contributed by atoms with Gasteiger partial charge >= 0.3 is 0 Å². The summed E-state index contributed by atoms with van der Waals surface area (Å²) in [5.41, 5.74) is 7.81. The maximum Gasteiger partial charge on any atom is 0.113 e. The molecule has 3 heteroatoms. The lowest BCUT2D eigenvalue weighted by Crippen LogP contribution is -2.32. The molecule has 1 atom stereocenters. The standard InChI is InChI=1S/C15H24N2S/c1-10(2)11-5-6-12-13(9-11)18-14(17-12)15(16)7-3-4-8-15/h10-11H,3-9,16H2,1-2H3. The van der Waals surface area contributed by atoms with Crippen molar-refractivity contribution in [3.63, 3.8) is 0 Å². The summed E-state index contributed by atoms with van der Waals surface area (Å²) in [5, 5.41) is 1.23. The fourth-order valence-corrected chi connectivity index (χ4v) is 4.76. The van der Waals surface area contributed by atoms with Gasteiger partial charge in [0.1, 0.15) is 5.01 Å². The van der Waals surface area contributed by atoms with Crippen LogP contribution in [-0.2, 0) is 18.4 Å². The largest absolute Gasteiger partial charge is 0.319 e. The van der Waals surface area contributed by atoms with Crippen LogP contribution in [0.2, 0.25) is 0 Å². The average molecular weight is 264 g/mol. The number of rotatable bonds is 2. The molecule has 1 heterocycles. The van der Waals surface area contributed by atoms with Gasteiger partial charge in [0.05, 0.1) is 11.2 Å². The van der Waals surface area contributed by atoms with Crippen LogP contribution in [0.3, 0.4) is 0 Å². The monoisotopic (exact) mass is 264 g/mol. The molecular weight excluding hydrogens is 240 g/mol. The van der Waals surface area contributed by atoms with E-state index in [0.717, 1.165) is 24.7 Å². The van der Waals surface area contributed by atoms with Gasteiger partial charge in [0.15, 0.2) is 0 Å². The van der Waals surface area contributed by atoms with Crippen LogP contribution in [0.1, 0.15) is 61.5 Å². The van der Waals surface area contributed by atoms with Gasteiger partial charge in [-0.1, -0.05) is 26.7 Å². The molecule has 0 aliphatic heterocycles. The van der Waals surface area contributed by atoms with Gasteiger partial charge in [-0.25, -0.2) is 4.98 Å². The molecule has 100 valence electrons. The van der Waals surface area contributed by atoms with Crippen molar-refractivity contribution in [2.45, 2.75) is 64.3 Å². The van der Waals surface area contributed by atoms with Gasteiger partial charge < -0.3 is 5.73 Å². The van der Waals surface area contributed by atoms with Gasteiger partial charge in [-0.15, -0.1) is 11.3 Å². The number of nitrogens with two attached hydrogens (primary N) is 1. The topological polar surface area (TPSA) is 38.9 Å². The lowest BCUT2D eigenvalue weighted by atomic mass is 9.83. The number of aryl methyl sites for hydroxylation is 1. The van der Waals surface area contributed by atoms with Crippen LogP contribution in [0.25, 0.3) is 0 Å². The highest BCUT2D eigenvalue weighted by Gasteiger charge is 2.36. The fraction of sp³-hybridized carbons (Fsp3) is 0.800. The van der Waals surface area contributed by atoms with Crippen LogP contribution in [0, 0.1) is 11.8 Å². The number of hydrogen-bond donors (Lipinski definition) is 1. The van der Waals surface area contributed by atoms with Gasteiger partial charge in [0.2, 0.25) is 0 Å². The first-order valence-corrected chi connectivity index (χ1v) is 8.18. The normalized spacial score (nSPS) is 26.6. The SMILES string of the molecule is CC(C)C1CCc2nc(C3(N)CCCC3)sc2C1. The van der Waals surface area contributed by atoms with E-state index >= 15 is 0 Å². The Hall–Kier alpha value is -0.410. The molecule has 2 nitrogen and oxygen atoms in total. The highest BCUT2D eigenvalue weighted by Crippen LogP contribution is 2.41. The van der Waals surface area contributed by atoms with Crippen molar-refractivity contribution in [1.29, 1.82) is 0 Å². The van der Waals surface area contributed by atoms with E-state index in [0.29, 0.717) is 0 Å². The molecule has 1 aromatic rings. The third-order valence-corrected chi connectivity index (χ3v) is 6.18. The molecule has 0 bridgehead atoms. The molecule has 1 aromatic heterocycles. The summed E-state index contributed by atoms with van der Waals surface area (Å²) >= 11 is 1.92. The second-order valence-electron chi connectivity index (χ2n) is 6.50. The Balaban J connectivity index is 1.85. The van der Waals surface area contributed by atoms with Crippen LogP contribution in [-0.4, -0.2) is 4.98 Å². The van der Waals surface area contributed by atoms with E-state index in [1.165, 1.54) is 47.7 Å². The predicted molar refractivity (Wildman–Crippen MR) is 76.8 cm³/mol. The van der Waals surface area contributed by atoms with Gasteiger partial charge in [-0.3, -0.25) is 0 Å². The molecule has 1 fully saturated rings. The Morgan fingerprint density at radius 1 is 1.33 bits per heavy atom. The molecule has 2 aliphatic rings. The van der Waals surface area contributed by atoms with Gasteiger partial charge in [0.25, 0.3) is 0 Å². The molecule has 1 unspecified atom stereocenters. The van der Waals surface area contributed by atoms with Crippen molar-refractivity contribution >= 4 is 11.3 Å². The summed E-state index contributed by atoms with van der Waals surface area (Å²) in [7, 11) is 0. The van der Waals surface area contributed by atoms with Crippen molar-refractivity contribution in [2.24, 2.45) is 17.6 Å². The van der Waals surface area contributed by atoms with Crippen molar-refractivity contribution < 1.29 is 0 Å². The van der Waals surface area contributed by atoms with Crippen LogP contribution in [0.5, 0.6) is 0 Å². The summed E-state index contributed by atoms with van der Waals surface area (Å²) in [6, 6.07) is 0. The lowest BCUT2D eigenvalue weighted by molar-refractivity contribution is 0.343. The summed E-state index contributed by atoms with van der Waals surface area (Å²) < 4.78 is 0. The molecule has 1 saturated carbocycles. The van der Waals surface area contributed by atoms with Gasteiger partial charge in [-0.05, 0) is 43.9 Å². The number of aromatic nitrogens is 1. The number of nitrogens with zero attached hydrogens (tertiary/aromatic N) is 1. The highest BCUT2D eigenvalue weighted by molar-refractivity contribution is 7.11. The van der Waals surface area contributed by atoms with Crippen molar-refractivity contribution in [2.75, 3.05) is 0 Å². The molecule has 0 aromatic carbocycles. The van der Waals surface area contributed by atoms with Gasteiger partial charge in [0, 0.05) is 4.88 Å². The van der Waals surface area contributed by atoms with E-state index in [1.54, 1.807) is 0 Å². The number of hydrogen-bond acceptors (Lipinski definition) is 3. The third-order valence-electron chi connectivity index (χ3n) is 4.84. The lowest BCUT2D eigenvalue weighted by Gasteiger charge is -2.24. The molecule has 0 spiro atoms. The summed E-state index contributed by atoms with van der Waals surface area (Å²) in [5.74, 6) is 1.64. The van der Waals surface area contributed by atoms with E-state index in [-0.39, 0.29) is 5.54 Å². The van der Waals surface area contributed by atoms with Crippen molar-refractivity contribution in [1.82, 2.24) is 4.98 Å². The molecule has 2 N–H and O–H groups in total. The number of fused-ring (bicyclic) bond motifs is 1. The predicted octanol–water partition coefficient (Wildman–Crippen LogP) is 3.63.